The van der Waals surface area contributed by atoms with Gasteiger partial charge in [0.05, 0.1) is 5.92 Å². The van der Waals surface area contributed by atoms with Crippen LogP contribution in [0.4, 0.5) is 5.69 Å². The van der Waals surface area contributed by atoms with Crippen molar-refractivity contribution >= 4 is 23.4 Å². The van der Waals surface area contributed by atoms with Crippen LogP contribution in [0.5, 0.6) is 0 Å². The second kappa shape index (κ2) is 8.27. The van der Waals surface area contributed by atoms with Crippen LogP contribution in [0.1, 0.15) is 48.8 Å². The van der Waals surface area contributed by atoms with Gasteiger partial charge in [0.15, 0.2) is 0 Å². The van der Waals surface area contributed by atoms with Crippen molar-refractivity contribution < 1.29 is 19.1 Å². The smallest absolute Gasteiger partial charge is 0.246 e. The van der Waals surface area contributed by atoms with Crippen LogP contribution in [0.15, 0.2) is 60.2 Å². The van der Waals surface area contributed by atoms with E-state index in [0.29, 0.717) is 12.2 Å². The van der Waals surface area contributed by atoms with Gasteiger partial charge in [-0.15, -0.1) is 0 Å². The molecule has 0 radical (unpaired) electrons. The van der Waals surface area contributed by atoms with Crippen LogP contribution < -0.4 is 10.6 Å². The highest BCUT2D eigenvalue weighted by Gasteiger charge is 2.91. The first-order valence-electron chi connectivity index (χ1n) is 13.8. The van der Waals surface area contributed by atoms with E-state index < -0.39 is 29.1 Å². The molecule has 6 aliphatic rings. The monoisotopic (exact) mass is 511 g/mol. The maximum absolute atomic E-state index is 14.2. The first-order valence-corrected chi connectivity index (χ1v) is 13.8. The highest BCUT2D eigenvalue weighted by atomic mass is 16.5. The van der Waals surface area contributed by atoms with Gasteiger partial charge < -0.3 is 20.3 Å². The number of likely N-dealkylation sites (tertiary alicyclic amines) is 1. The van der Waals surface area contributed by atoms with Crippen LogP contribution in [0.3, 0.4) is 0 Å². The lowest BCUT2D eigenvalue weighted by Gasteiger charge is -2.34. The van der Waals surface area contributed by atoms with Gasteiger partial charge in [-0.05, 0) is 67.2 Å². The molecule has 1 spiro atoms. The van der Waals surface area contributed by atoms with Crippen molar-refractivity contribution in [2.24, 2.45) is 11.3 Å². The van der Waals surface area contributed by atoms with Gasteiger partial charge in [0, 0.05) is 18.3 Å². The molecule has 196 valence electrons. The molecule has 3 heterocycles. The van der Waals surface area contributed by atoms with E-state index in [1.54, 1.807) is 4.90 Å². The van der Waals surface area contributed by atoms with Gasteiger partial charge in [-0.3, -0.25) is 14.4 Å². The molecule has 2 N–H and O–H groups in total. The van der Waals surface area contributed by atoms with Crippen molar-refractivity contribution in [3.05, 3.63) is 76.9 Å². The number of hydrogen-bond acceptors (Lipinski definition) is 4. The summed E-state index contributed by atoms with van der Waals surface area (Å²) in [6, 6.07) is 14.9. The fourth-order valence-corrected chi connectivity index (χ4v) is 7.71. The molecule has 4 fully saturated rings. The molecule has 7 heteroatoms. The molecule has 2 aromatic carbocycles. The number of anilines is 1. The number of nitrogens with zero attached hydrogens (tertiary/aromatic N) is 1. The zero-order valence-electron chi connectivity index (χ0n) is 21.8. The molecule has 4 bridgehead atoms. The van der Waals surface area contributed by atoms with E-state index in [0.717, 1.165) is 47.9 Å². The Bertz CT molecular complexity index is 1360. The van der Waals surface area contributed by atoms with Gasteiger partial charge in [0.2, 0.25) is 17.7 Å². The lowest BCUT2D eigenvalue weighted by atomic mass is 9.79. The lowest BCUT2D eigenvalue weighted by Crippen LogP contribution is -2.56. The predicted molar refractivity (Wildman–Crippen MR) is 142 cm³/mol. The van der Waals surface area contributed by atoms with Crippen molar-refractivity contribution in [2.45, 2.75) is 76.3 Å². The summed E-state index contributed by atoms with van der Waals surface area (Å²) in [5, 5.41) is 6.33. The normalized spacial score (nSPS) is 32.7. The molecule has 8 rings (SSSR count). The summed E-state index contributed by atoms with van der Waals surface area (Å²) in [5.74, 6) is -1.30. The van der Waals surface area contributed by atoms with E-state index in [2.05, 4.69) is 16.7 Å². The summed E-state index contributed by atoms with van der Waals surface area (Å²) < 4.78 is 6.52. The minimum atomic E-state index is -1.11. The fourth-order valence-electron chi connectivity index (χ4n) is 7.71. The number of benzene rings is 2. The number of rotatable bonds is 6. The Morgan fingerprint density at radius 1 is 1.03 bits per heavy atom. The molecule has 2 saturated carbocycles. The Labute approximate surface area is 222 Å². The molecule has 2 saturated heterocycles. The van der Waals surface area contributed by atoms with Gasteiger partial charge in [0.25, 0.3) is 0 Å². The first kappa shape index (κ1) is 23.7. The van der Waals surface area contributed by atoms with E-state index >= 15 is 0 Å². The van der Waals surface area contributed by atoms with Crippen molar-refractivity contribution in [3.8, 4) is 0 Å². The van der Waals surface area contributed by atoms with Crippen LogP contribution in [0, 0.1) is 25.2 Å². The van der Waals surface area contributed by atoms with Crippen LogP contribution >= 0.6 is 0 Å². The Balaban J connectivity index is 1.23. The van der Waals surface area contributed by atoms with Crippen LogP contribution in [0.25, 0.3) is 0 Å². The number of nitrogens with one attached hydrogen (secondary N) is 2. The maximum atomic E-state index is 14.2. The summed E-state index contributed by atoms with van der Waals surface area (Å²) >= 11 is 0. The minimum Gasteiger partial charge on any atom is -0.358 e. The number of carbonyl (C=O) groups excluding carboxylic acids is 3. The summed E-state index contributed by atoms with van der Waals surface area (Å²) in [6.45, 7) is 4.28. The standard InChI is InChI=1S/C31H33N3O4/c1-18-13-19(2)15-22(14-18)33-29(37)31-23-16-30(38-26(23)31)24(31)28(36)34(17-20-9-5-3-6-10-20)25(30)27(35)32-21-11-7-4-8-12-21/h3,5-6,9-10,13-16,21,24-26H,4,7-8,11-12,17H2,1-2H3,(H,32,35)(H,33,37). The maximum Gasteiger partial charge on any atom is 0.246 e. The SMILES string of the molecule is Cc1cc(C)cc(NC(=O)C23C4=CC5(OC42)C(C(=O)NC2CCCCC2)N(Cc2ccccc2)C(=O)C53)c1. The second-order valence-corrected chi connectivity index (χ2v) is 11.8. The third-order valence-corrected chi connectivity index (χ3v) is 9.22. The number of aryl methyl sites for hydroxylation is 2. The van der Waals surface area contributed by atoms with Crippen LogP contribution in [-0.2, 0) is 25.7 Å². The lowest BCUT2D eigenvalue weighted by molar-refractivity contribution is -0.141. The van der Waals surface area contributed by atoms with E-state index in [1.807, 2.05) is 62.4 Å². The summed E-state index contributed by atoms with van der Waals surface area (Å²) in [5.41, 5.74) is 2.47. The van der Waals surface area contributed by atoms with Crippen molar-refractivity contribution in [3.63, 3.8) is 0 Å². The Morgan fingerprint density at radius 3 is 2.39 bits per heavy atom. The highest BCUT2D eigenvalue weighted by Crippen LogP contribution is 2.78. The van der Waals surface area contributed by atoms with Crippen molar-refractivity contribution in [1.29, 1.82) is 0 Å². The summed E-state index contributed by atoms with van der Waals surface area (Å²) in [6.07, 6.45) is 6.79. The molecular weight excluding hydrogens is 478 g/mol. The van der Waals surface area contributed by atoms with E-state index in [4.69, 9.17) is 4.74 Å². The Morgan fingerprint density at radius 2 is 1.74 bits per heavy atom. The highest BCUT2D eigenvalue weighted by molar-refractivity contribution is 6.11. The van der Waals surface area contributed by atoms with E-state index in [1.165, 1.54) is 6.42 Å². The predicted octanol–water partition coefficient (Wildman–Crippen LogP) is 3.80. The minimum absolute atomic E-state index is 0.112. The second-order valence-electron chi connectivity index (χ2n) is 11.8. The van der Waals surface area contributed by atoms with Gasteiger partial charge in [-0.2, -0.15) is 0 Å². The zero-order valence-corrected chi connectivity index (χ0v) is 21.8. The molecule has 5 atom stereocenters. The molecule has 0 aromatic heterocycles. The third kappa shape index (κ3) is 3.20. The summed E-state index contributed by atoms with van der Waals surface area (Å²) in [7, 11) is 0. The van der Waals surface area contributed by atoms with E-state index in [-0.39, 0.29) is 23.8 Å². The fraction of sp³-hybridized carbons (Fsp3) is 0.452. The van der Waals surface area contributed by atoms with Crippen molar-refractivity contribution in [1.82, 2.24) is 10.2 Å². The van der Waals surface area contributed by atoms with Crippen LogP contribution in [0.2, 0.25) is 0 Å². The zero-order chi connectivity index (χ0) is 26.2. The van der Waals surface area contributed by atoms with E-state index in [9.17, 15) is 14.4 Å². The Hall–Kier alpha value is -3.45. The Kier molecular flexibility index (Phi) is 5.15. The third-order valence-electron chi connectivity index (χ3n) is 9.22. The molecule has 3 amide bonds. The molecule has 2 aromatic rings. The van der Waals surface area contributed by atoms with Gasteiger partial charge >= 0.3 is 0 Å². The van der Waals surface area contributed by atoms with Gasteiger partial charge in [0.1, 0.15) is 23.2 Å². The average molecular weight is 512 g/mol. The quantitative estimate of drug-likeness (QED) is 0.578. The topological polar surface area (TPSA) is 87.7 Å². The van der Waals surface area contributed by atoms with Crippen LogP contribution in [-0.4, -0.2) is 46.4 Å². The number of hydrogen-bond donors (Lipinski definition) is 2. The van der Waals surface area contributed by atoms with Gasteiger partial charge in [-0.1, -0.05) is 55.7 Å². The number of ether oxygens (including phenoxy) is 1. The first-order chi connectivity index (χ1) is 18.3. The molecule has 38 heavy (non-hydrogen) atoms. The largest absolute Gasteiger partial charge is 0.358 e. The average Bonchev–Trinajstić information content (AvgIpc) is 3.24. The number of carbonyl (C=O) groups is 3. The molecule has 5 unspecified atom stereocenters. The summed E-state index contributed by atoms with van der Waals surface area (Å²) in [4.78, 5) is 43.6. The molecular formula is C31H33N3O4. The number of amides is 3. The molecule has 7 nitrogen and oxygen atoms in total. The van der Waals surface area contributed by atoms with Crippen molar-refractivity contribution in [2.75, 3.05) is 5.32 Å². The van der Waals surface area contributed by atoms with Gasteiger partial charge in [-0.25, -0.2) is 0 Å². The molecule has 3 aliphatic heterocycles. The molecule has 3 aliphatic carbocycles.